The van der Waals surface area contributed by atoms with E-state index in [0.29, 0.717) is 0 Å². The third-order valence-electron chi connectivity index (χ3n) is 3.00. The van der Waals surface area contributed by atoms with Crippen LogP contribution in [0.1, 0.15) is 33.1 Å². The van der Waals surface area contributed by atoms with Gasteiger partial charge in [-0.2, -0.15) is 12.6 Å². The molecule has 2 unspecified atom stereocenters. The van der Waals surface area contributed by atoms with Crippen molar-refractivity contribution in [3.63, 3.8) is 0 Å². The minimum absolute atomic E-state index is 0.200. The quantitative estimate of drug-likeness (QED) is 0.553. The van der Waals surface area contributed by atoms with Crippen molar-refractivity contribution in [3.8, 4) is 0 Å². The molecule has 1 nitrogen and oxygen atoms in total. The molecule has 0 bridgehead atoms. The Hall–Kier alpha value is -0.370. The molecule has 0 aromatic carbocycles. The van der Waals surface area contributed by atoms with Crippen molar-refractivity contribution in [2.24, 2.45) is 5.41 Å². The Labute approximate surface area is 93.3 Å². The summed E-state index contributed by atoms with van der Waals surface area (Å²) in [7, 11) is 0. The van der Waals surface area contributed by atoms with E-state index in [4.69, 9.17) is 12.6 Å². The van der Waals surface area contributed by atoms with Crippen LogP contribution in [0.3, 0.4) is 0 Å². The lowest BCUT2D eigenvalue weighted by molar-refractivity contribution is 0.163. The van der Waals surface area contributed by atoms with Crippen molar-refractivity contribution in [1.82, 2.24) is 4.90 Å². The third-order valence-corrected chi connectivity index (χ3v) is 3.89. The summed E-state index contributed by atoms with van der Waals surface area (Å²) >= 11 is 4.69. The van der Waals surface area contributed by atoms with Gasteiger partial charge in [0.25, 0.3) is 0 Å². The molecule has 0 amide bonds. The second-order valence-corrected chi connectivity index (χ2v) is 4.70. The maximum Gasteiger partial charge on any atom is 0.0803 e. The maximum atomic E-state index is 4.69. The lowest BCUT2D eigenvalue weighted by Crippen LogP contribution is -2.44. The standard InChI is InChI=1S/C12H21NS/c1-4-6-8-12(3)9-7-10-13(5-2)11(12)14/h5-6,8,11,14H,2,4,7,9-10H2,1,3H3/b8-6-. The minimum atomic E-state index is 0.200. The molecule has 0 saturated carbocycles. The van der Waals surface area contributed by atoms with E-state index in [1.54, 1.807) is 0 Å². The molecule has 0 aromatic heterocycles. The average Bonchev–Trinajstić information content (AvgIpc) is 2.20. The molecule has 1 aliphatic rings. The Kier molecular flexibility index (Phi) is 4.11. The number of hydrogen-bond donors (Lipinski definition) is 1. The van der Waals surface area contributed by atoms with Crippen molar-refractivity contribution < 1.29 is 0 Å². The Morgan fingerprint density at radius 3 is 2.93 bits per heavy atom. The summed E-state index contributed by atoms with van der Waals surface area (Å²) in [5, 5.41) is 0.275. The van der Waals surface area contributed by atoms with E-state index in [1.807, 2.05) is 6.20 Å². The number of rotatable bonds is 3. The summed E-state index contributed by atoms with van der Waals surface area (Å²) in [6.07, 6.45) is 10.0. The highest BCUT2D eigenvalue weighted by Gasteiger charge is 2.35. The fourth-order valence-corrected chi connectivity index (χ4v) is 2.45. The van der Waals surface area contributed by atoms with Gasteiger partial charge in [-0.1, -0.05) is 32.6 Å². The lowest BCUT2D eigenvalue weighted by atomic mass is 9.81. The molecule has 1 heterocycles. The van der Waals surface area contributed by atoms with Crippen molar-refractivity contribution in [2.45, 2.75) is 38.5 Å². The van der Waals surface area contributed by atoms with Crippen LogP contribution >= 0.6 is 12.6 Å². The van der Waals surface area contributed by atoms with Gasteiger partial charge in [0, 0.05) is 12.0 Å². The minimum Gasteiger partial charge on any atom is -0.366 e. The fourth-order valence-electron chi connectivity index (χ4n) is 2.02. The van der Waals surface area contributed by atoms with Crippen LogP contribution in [-0.2, 0) is 0 Å². The second-order valence-electron chi connectivity index (χ2n) is 4.21. The predicted molar refractivity (Wildman–Crippen MR) is 66.4 cm³/mol. The first kappa shape index (κ1) is 11.7. The zero-order chi connectivity index (χ0) is 10.6. The van der Waals surface area contributed by atoms with Crippen LogP contribution in [-0.4, -0.2) is 16.8 Å². The highest BCUT2D eigenvalue weighted by molar-refractivity contribution is 7.80. The van der Waals surface area contributed by atoms with Crippen LogP contribution < -0.4 is 0 Å². The van der Waals surface area contributed by atoms with Crippen LogP contribution in [0.5, 0.6) is 0 Å². The van der Waals surface area contributed by atoms with Crippen LogP contribution in [0.4, 0.5) is 0 Å². The normalized spacial score (nSPS) is 33.6. The third kappa shape index (κ3) is 2.35. The summed E-state index contributed by atoms with van der Waals surface area (Å²) in [6.45, 7) is 9.38. The molecule has 1 fully saturated rings. The van der Waals surface area contributed by atoms with E-state index >= 15 is 0 Å². The maximum absolute atomic E-state index is 4.69. The Bertz CT molecular complexity index is 224. The van der Waals surface area contributed by atoms with Gasteiger partial charge in [0.2, 0.25) is 0 Å². The van der Waals surface area contributed by atoms with Gasteiger partial charge >= 0.3 is 0 Å². The summed E-state index contributed by atoms with van der Waals surface area (Å²) in [4.78, 5) is 2.23. The molecular weight excluding hydrogens is 190 g/mol. The summed E-state index contributed by atoms with van der Waals surface area (Å²) in [5.74, 6) is 0. The highest BCUT2D eigenvalue weighted by Crippen LogP contribution is 2.39. The van der Waals surface area contributed by atoms with E-state index in [2.05, 4.69) is 37.5 Å². The van der Waals surface area contributed by atoms with Gasteiger partial charge in [-0.25, -0.2) is 0 Å². The van der Waals surface area contributed by atoms with E-state index in [9.17, 15) is 0 Å². The van der Waals surface area contributed by atoms with Gasteiger partial charge in [0.05, 0.1) is 5.37 Å². The lowest BCUT2D eigenvalue weighted by Gasteiger charge is -2.44. The number of thiol groups is 1. The van der Waals surface area contributed by atoms with Gasteiger partial charge in [0.15, 0.2) is 0 Å². The molecule has 0 N–H and O–H groups in total. The molecule has 0 aliphatic carbocycles. The van der Waals surface area contributed by atoms with Crippen molar-refractivity contribution in [1.29, 1.82) is 0 Å². The number of allylic oxidation sites excluding steroid dienone is 1. The van der Waals surface area contributed by atoms with Crippen LogP contribution in [0.25, 0.3) is 0 Å². The molecule has 2 atom stereocenters. The summed E-state index contributed by atoms with van der Waals surface area (Å²) in [6, 6.07) is 0. The number of piperidine rings is 1. The van der Waals surface area contributed by atoms with Crippen molar-refractivity contribution >= 4 is 12.6 Å². The van der Waals surface area contributed by atoms with Gasteiger partial charge in [-0.05, 0) is 25.5 Å². The molecule has 0 aromatic rings. The number of nitrogens with zero attached hydrogens (tertiary/aromatic N) is 1. The van der Waals surface area contributed by atoms with Gasteiger partial charge in [-0.15, -0.1) is 0 Å². The molecule has 1 saturated heterocycles. The molecule has 1 aliphatic heterocycles. The van der Waals surface area contributed by atoms with Crippen LogP contribution in [0.2, 0.25) is 0 Å². The largest absolute Gasteiger partial charge is 0.366 e. The number of likely N-dealkylation sites (tertiary alicyclic amines) is 1. The van der Waals surface area contributed by atoms with E-state index < -0.39 is 0 Å². The molecule has 80 valence electrons. The van der Waals surface area contributed by atoms with Crippen LogP contribution in [0, 0.1) is 5.41 Å². The summed E-state index contributed by atoms with van der Waals surface area (Å²) in [5.41, 5.74) is 0.200. The summed E-state index contributed by atoms with van der Waals surface area (Å²) < 4.78 is 0. The van der Waals surface area contributed by atoms with E-state index in [-0.39, 0.29) is 10.8 Å². The zero-order valence-electron chi connectivity index (χ0n) is 9.24. The van der Waals surface area contributed by atoms with Gasteiger partial charge in [-0.3, -0.25) is 0 Å². The SMILES string of the molecule is C=CN1CCCC(C)(/C=C\CC)C1S. The number of hydrogen-bond acceptors (Lipinski definition) is 2. The highest BCUT2D eigenvalue weighted by atomic mass is 32.1. The van der Waals surface area contributed by atoms with Crippen LogP contribution in [0.15, 0.2) is 24.9 Å². The topological polar surface area (TPSA) is 3.24 Å². The Morgan fingerprint density at radius 2 is 2.36 bits per heavy atom. The fraction of sp³-hybridized carbons (Fsp3) is 0.667. The zero-order valence-corrected chi connectivity index (χ0v) is 10.1. The van der Waals surface area contributed by atoms with E-state index in [1.165, 1.54) is 12.8 Å². The Morgan fingerprint density at radius 1 is 1.64 bits per heavy atom. The molecular formula is C12H21NS. The molecule has 14 heavy (non-hydrogen) atoms. The van der Waals surface area contributed by atoms with Gasteiger partial charge in [0.1, 0.15) is 0 Å². The molecule has 0 radical (unpaired) electrons. The smallest absolute Gasteiger partial charge is 0.0803 e. The second kappa shape index (κ2) is 4.92. The van der Waals surface area contributed by atoms with Gasteiger partial charge < -0.3 is 4.90 Å². The first-order valence-corrected chi connectivity index (χ1v) is 5.90. The predicted octanol–water partition coefficient (Wildman–Crippen LogP) is 3.45. The van der Waals surface area contributed by atoms with Crippen molar-refractivity contribution in [2.75, 3.05) is 6.54 Å². The molecule has 1 rings (SSSR count). The first-order valence-electron chi connectivity index (χ1n) is 5.38. The Balaban J connectivity index is 2.75. The van der Waals surface area contributed by atoms with Crippen molar-refractivity contribution in [3.05, 3.63) is 24.9 Å². The first-order chi connectivity index (χ1) is 6.64. The van der Waals surface area contributed by atoms with E-state index in [0.717, 1.165) is 13.0 Å². The molecule has 0 spiro atoms. The monoisotopic (exact) mass is 211 g/mol. The average molecular weight is 211 g/mol. The molecule has 2 heteroatoms.